The van der Waals surface area contributed by atoms with E-state index in [1.165, 1.54) is 21.8 Å². The number of benzene rings is 1. The summed E-state index contributed by atoms with van der Waals surface area (Å²) in [5.74, 6) is -0.119. The third-order valence-corrected chi connectivity index (χ3v) is 5.75. The van der Waals surface area contributed by atoms with Crippen LogP contribution in [0.1, 0.15) is 50.7 Å². The Morgan fingerprint density at radius 3 is 2.57 bits per heavy atom. The molecule has 2 aromatic rings. The van der Waals surface area contributed by atoms with E-state index in [4.69, 9.17) is 4.74 Å². The molecule has 0 bridgehead atoms. The van der Waals surface area contributed by atoms with Crippen LogP contribution in [-0.4, -0.2) is 24.5 Å². The van der Waals surface area contributed by atoms with Crippen molar-refractivity contribution < 1.29 is 19.1 Å². The molecule has 7 nitrogen and oxygen atoms in total. The lowest BCUT2D eigenvalue weighted by molar-refractivity contribution is 0.0849. The Balaban J connectivity index is 1.53. The van der Waals surface area contributed by atoms with Gasteiger partial charge in [-0.05, 0) is 68.0 Å². The van der Waals surface area contributed by atoms with E-state index >= 15 is 0 Å². The molecule has 1 heterocycles. The minimum atomic E-state index is -0.556. The summed E-state index contributed by atoms with van der Waals surface area (Å²) in [6.07, 6.45) is 2.59. The molecule has 0 aliphatic heterocycles. The lowest BCUT2D eigenvalue weighted by Gasteiger charge is -2.16. The predicted octanol–water partition coefficient (Wildman–Crippen LogP) is 3.52. The lowest BCUT2D eigenvalue weighted by atomic mass is 9.90. The SMILES string of the molecule is CCOC(=O)Nc1ccc(C(=O)NNC(=O)c2cc3c(s2)CC[C@@H](C)C3)cc1. The van der Waals surface area contributed by atoms with E-state index in [0.29, 0.717) is 22.0 Å². The molecule has 3 N–H and O–H groups in total. The third-order valence-electron chi connectivity index (χ3n) is 4.51. The van der Waals surface area contributed by atoms with Crippen LogP contribution in [0.4, 0.5) is 10.5 Å². The highest BCUT2D eigenvalue weighted by molar-refractivity contribution is 7.14. The van der Waals surface area contributed by atoms with Crippen LogP contribution < -0.4 is 16.2 Å². The number of fused-ring (bicyclic) bond motifs is 1. The van der Waals surface area contributed by atoms with E-state index in [1.54, 1.807) is 31.2 Å². The molecule has 0 saturated carbocycles. The maximum Gasteiger partial charge on any atom is 0.411 e. The first-order chi connectivity index (χ1) is 13.5. The molecule has 1 aliphatic rings. The van der Waals surface area contributed by atoms with Crippen LogP contribution in [0.15, 0.2) is 30.3 Å². The second-order valence-corrected chi connectivity index (χ2v) is 7.87. The molecule has 28 heavy (non-hydrogen) atoms. The van der Waals surface area contributed by atoms with Crippen LogP contribution in [0.25, 0.3) is 0 Å². The third kappa shape index (κ3) is 4.89. The molecule has 1 atom stereocenters. The number of amides is 3. The van der Waals surface area contributed by atoms with Gasteiger partial charge in [-0.15, -0.1) is 11.3 Å². The van der Waals surface area contributed by atoms with Gasteiger partial charge in [0, 0.05) is 16.1 Å². The number of anilines is 1. The molecular formula is C20H23N3O4S. The van der Waals surface area contributed by atoms with Crippen LogP contribution >= 0.6 is 11.3 Å². The molecule has 148 valence electrons. The minimum Gasteiger partial charge on any atom is -0.450 e. The summed E-state index contributed by atoms with van der Waals surface area (Å²) < 4.78 is 4.79. The molecule has 3 rings (SSSR count). The number of hydrogen-bond acceptors (Lipinski definition) is 5. The summed E-state index contributed by atoms with van der Waals surface area (Å²) in [6.45, 7) is 4.21. The van der Waals surface area contributed by atoms with Crippen molar-refractivity contribution in [2.24, 2.45) is 5.92 Å². The fourth-order valence-corrected chi connectivity index (χ4v) is 4.16. The number of rotatable bonds is 4. The Kier molecular flexibility index (Phi) is 6.30. The van der Waals surface area contributed by atoms with Crippen LogP contribution in [-0.2, 0) is 17.6 Å². The van der Waals surface area contributed by atoms with Crippen molar-refractivity contribution in [3.8, 4) is 0 Å². The van der Waals surface area contributed by atoms with Gasteiger partial charge >= 0.3 is 6.09 Å². The van der Waals surface area contributed by atoms with Gasteiger partial charge in [0.15, 0.2) is 0 Å². The Bertz CT molecular complexity index is 876. The zero-order valence-corrected chi connectivity index (χ0v) is 16.7. The summed E-state index contributed by atoms with van der Waals surface area (Å²) >= 11 is 1.49. The smallest absolute Gasteiger partial charge is 0.411 e. The quantitative estimate of drug-likeness (QED) is 0.683. The van der Waals surface area contributed by atoms with E-state index in [-0.39, 0.29) is 12.5 Å². The molecule has 8 heteroatoms. The molecule has 1 aromatic carbocycles. The Labute approximate surface area is 167 Å². The maximum atomic E-state index is 12.3. The fraction of sp³-hybridized carbons (Fsp3) is 0.350. The molecular weight excluding hydrogens is 378 g/mol. The Morgan fingerprint density at radius 2 is 1.86 bits per heavy atom. The van der Waals surface area contributed by atoms with Crippen LogP contribution in [0.3, 0.4) is 0 Å². The van der Waals surface area contributed by atoms with Crippen molar-refractivity contribution in [3.63, 3.8) is 0 Å². The van der Waals surface area contributed by atoms with Crippen molar-refractivity contribution in [2.45, 2.75) is 33.1 Å². The second kappa shape index (κ2) is 8.88. The van der Waals surface area contributed by atoms with Gasteiger partial charge in [-0.2, -0.15) is 0 Å². The van der Waals surface area contributed by atoms with Crippen molar-refractivity contribution in [1.82, 2.24) is 10.9 Å². The number of carbonyl (C=O) groups excluding carboxylic acids is 3. The lowest BCUT2D eigenvalue weighted by Crippen LogP contribution is -2.41. The van der Waals surface area contributed by atoms with Crippen LogP contribution in [0.5, 0.6) is 0 Å². The van der Waals surface area contributed by atoms with Gasteiger partial charge in [-0.1, -0.05) is 6.92 Å². The molecule has 0 fully saturated rings. The number of nitrogens with one attached hydrogen (secondary N) is 3. The standard InChI is InChI=1S/C20H23N3O4S/c1-3-27-20(26)21-15-7-5-13(6-8-15)18(24)22-23-19(25)17-11-14-10-12(2)4-9-16(14)28-17/h5-8,11-12H,3-4,9-10H2,1-2H3,(H,21,26)(H,22,24)(H,23,25)/t12-/m1/s1. The van der Waals surface area contributed by atoms with Gasteiger partial charge < -0.3 is 4.74 Å². The number of hydrogen-bond donors (Lipinski definition) is 3. The van der Waals surface area contributed by atoms with Crippen molar-refractivity contribution in [1.29, 1.82) is 0 Å². The van der Waals surface area contributed by atoms with E-state index in [9.17, 15) is 14.4 Å². The molecule has 3 amide bonds. The summed E-state index contributed by atoms with van der Waals surface area (Å²) in [7, 11) is 0. The number of aryl methyl sites for hydroxylation is 1. The van der Waals surface area contributed by atoms with Crippen molar-refractivity contribution in [2.75, 3.05) is 11.9 Å². The molecule has 0 spiro atoms. The highest BCUT2D eigenvalue weighted by atomic mass is 32.1. The fourth-order valence-electron chi connectivity index (χ4n) is 3.05. The van der Waals surface area contributed by atoms with Crippen LogP contribution in [0, 0.1) is 5.92 Å². The zero-order chi connectivity index (χ0) is 20.1. The predicted molar refractivity (Wildman–Crippen MR) is 108 cm³/mol. The number of ether oxygens (including phenoxy) is 1. The van der Waals surface area contributed by atoms with Gasteiger partial charge in [-0.3, -0.25) is 25.8 Å². The van der Waals surface area contributed by atoms with Crippen molar-refractivity contribution in [3.05, 3.63) is 51.2 Å². The van der Waals surface area contributed by atoms with Gasteiger partial charge in [0.2, 0.25) is 0 Å². The molecule has 0 saturated heterocycles. The Morgan fingerprint density at radius 1 is 1.14 bits per heavy atom. The number of thiophene rings is 1. The zero-order valence-electron chi connectivity index (χ0n) is 15.8. The summed E-state index contributed by atoms with van der Waals surface area (Å²) in [6, 6.07) is 8.19. The topological polar surface area (TPSA) is 96.5 Å². The second-order valence-electron chi connectivity index (χ2n) is 6.74. The summed E-state index contributed by atoms with van der Waals surface area (Å²) in [4.78, 5) is 37.8. The first-order valence-electron chi connectivity index (χ1n) is 9.22. The highest BCUT2D eigenvalue weighted by Crippen LogP contribution is 2.32. The van der Waals surface area contributed by atoms with Gasteiger partial charge in [0.05, 0.1) is 11.5 Å². The number of carbonyl (C=O) groups is 3. The first-order valence-corrected chi connectivity index (χ1v) is 10.0. The van der Waals surface area contributed by atoms with E-state index in [1.807, 2.05) is 6.07 Å². The van der Waals surface area contributed by atoms with Gasteiger partial charge in [0.1, 0.15) is 0 Å². The Hall–Kier alpha value is -2.87. The minimum absolute atomic E-state index is 0.276. The molecule has 0 unspecified atom stereocenters. The van der Waals surface area contributed by atoms with E-state index in [2.05, 4.69) is 23.1 Å². The largest absolute Gasteiger partial charge is 0.450 e. The molecule has 1 aromatic heterocycles. The van der Waals surface area contributed by atoms with E-state index in [0.717, 1.165) is 19.3 Å². The maximum absolute atomic E-state index is 12.3. The number of hydrazine groups is 1. The summed E-state index contributed by atoms with van der Waals surface area (Å²) in [5.41, 5.74) is 6.99. The highest BCUT2D eigenvalue weighted by Gasteiger charge is 2.21. The van der Waals surface area contributed by atoms with Crippen molar-refractivity contribution >= 4 is 34.9 Å². The van der Waals surface area contributed by atoms with Crippen LogP contribution in [0.2, 0.25) is 0 Å². The average Bonchev–Trinajstić information content (AvgIpc) is 3.10. The van der Waals surface area contributed by atoms with Gasteiger partial charge in [0.25, 0.3) is 11.8 Å². The van der Waals surface area contributed by atoms with Gasteiger partial charge in [-0.25, -0.2) is 4.79 Å². The van der Waals surface area contributed by atoms with E-state index < -0.39 is 12.0 Å². The summed E-state index contributed by atoms with van der Waals surface area (Å²) in [5, 5.41) is 2.55. The average molecular weight is 401 g/mol. The molecule has 0 radical (unpaired) electrons. The first kappa shape index (κ1) is 19.9. The normalized spacial score (nSPS) is 15.3. The molecule has 1 aliphatic carbocycles. The monoisotopic (exact) mass is 401 g/mol.